The number of piperidine rings is 1. The Morgan fingerprint density at radius 3 is 2.79 bits per heavy atom. The number of rotatable bonds is 3. The Bertz CT molecular complexity index is 478. The van der Waals surface area contributed by atoms with Crippen LogP contribution in [-0.4, -0.2) is 23.6 Å². The second-order valence-corrected chi connectivity index (χ2v) is 5.08. The SMILES string of the molecule is CC1CCCC(CN)N1c1ccc([N+](=O)[O-])c(N)c1. The third-order valence-corrected chi connectivity index (χ3v) is 3.81. The molecular formula is C13H20N4O2. The van der Waals surface area contributed by atoms with E-state index in [0.717, 1.165) is 18.5 Å². The van der Waals surface area contributed by atoms with E-state index in [2.05, 4.69) is 11.8 Å². The van der Waals surface area contributed by atoms with Crippen molar-refractivity contribution in [1.29, 1.82) is 0 Å². The minimum absolute atomic E-state index is 0.0438. The average molecular weight is 264 g/mol. The second-order valence-electron chi connectivity index (χ2n) is 5.08. The summed E-state index contributed by atoms with van der Waals surface area (Å²) in [6.07, 6.45) is 3.33. The zero-order valence-corrected chi connectivity index (χ0v) is 11.1. The Morgan fingerprint density at radius 2 is 2.21 bits per heavy atom. The predicted octanol–water partition coefficient (Wildman–Crippen LogP) is 1.88. The van der Waals surface area contributed by atoms with E-state index in [9.17, 15) is 10.1 Å². The van der Waals surface area contributed by atoms with Gasteiger partial charge in [-0.15, -0.1) is 0 Å². The first-order chi connectivity index (χ1) is 9.04. The van der Waals surface area contributed by atoms with Crippen molar-refractivity contribution in [3.05, 3.63) is 28.3 Å². The summed E-state index contributed by atoms with van der Waals surface area (Å²) in [7, 11) is 0. The summed E-state index contributed by atoms with van der Waals surface area (Å²) in [5.41, 5.74) is 12.7. The zero-order chi connectivity index (χ0) is 14.0. The Kier molecular flexibility index (Phi) is 3.90. The number of benzene rings is 1. The molecule has 1 saturated heterocycles. The number of nitro groups is 1. The zero-order valence-electron chi connectivity index (χ0n) is 11.1. The fourth-order valence-corrected chi connectivity index (χ4v) is 2.85. The van der Waals surface area contributed by atoms with E-state index in [0.29, 0.717) is 12.6 Å². The normalized spacial score (nSPS) is 23.4. The number of nitrogens with zero attached hydrogens (tertiary/aromatic N) is 2. The molecule has 2 rings (SSSR count). The highest BCUT2D eigenvalue weighted by Crippen LogP contribution is 2.33. The molecule has 1 fully saturated rings. The summed E-state index contributed by atoms with van der Waals surface area (Å²) in [6, 6.07) is 5.58. The molecule has 104 valence electrons. The third-order valence-electron chi connectivity index (χ3n) is 3.81. The molecule has 1 aliphatic heterocycles. The lowest BCUT2D eigenvalue weighted by atomic mass is 9.95. The smallest absolute Gasteiger partial charge is 0.292 e. The molecule has 0 amide bonds. The van der Waals surface area contributed by atoms with Crippen LogP contribution in [0.15, 0.2) is 18.2 Å². The highest BCUT2D eigenvalue weighted by molar-refractivity contribution is 5.67. The van der Waals surface area contributed by atoms with Gasteiger partial charge in [0.15, 0.2) is 0 Å². The van der Waals surface area contributed by atoms with E-state index in [1.165, 1.54) is 12.5 Å². The summed E-state index contributed by atoms with van der Waals surface area (Å²) >= 11 is 0. The summed E-state index contributed by atoms with van der Waals surface area (Å²) in [5, 5.41) is 10.8. The molecule has 0 saturated carbocycles. The van der Waals surface area contributed by atoms with Gasteiger partial charge in [0.1, 0.15) is 5.69 Å². The Balaban J connectivity index is 2.34. The van der Waals surface area contributed by atoms with Crippen LogP contribution < -0.4 is 16.4 Å². The molecular weight excluding hydrogens is 244 g/mol. The van der Waals surface area contributed by atoms with Crippen LogP contribution in [0.5, 0.6) is 0 Å². The van der Waals surface area contributed by atoms with Crippen molar-refractivity contribution in [2.45, 2.75) is 38.3 Å². The Morgan fingerprint density at radius 1 is 1.47 bits per heavy atom. The molecule has 1 aromatic carbocycles. The van der Waals surface area contributed by atoms with Gasteiger partial charge in [-0.2, -0.15) is 0 Å². The summed E-state index contributed by atoms with van der Waals surface area (Å²) in [5.74, 6) is 0. The van der Waals surface area contributed by atoms with E-state index in [1.54, 1.807) is 12.1 Å². The highest BCUT2D eigenvalue weighted by atomic mass is 16.6. The van der Waals surface area contributed by atoms with Gasteiger partial charge in [-0.3, -0.25) is 10.1 Å². The molecule has 0 aliphatic carbocycles. The topological polar surface area (TPSA) is 98.4 Å². The van der Waals surface area contributed by atoms with Crippen molar-refractivity contribution in [1.82, 2.24) is 0 Å². The van der Waals surface area contributed by atoms with Gasteiger partial charge in [-0.1, -0.05) is 0 Å². The summed E-state index contributed by atoms with van der Waals surface area (Å²) in [6.45, 7) is 2.74. The molecule has 0 bridgehead atoms. The van der Waals surface area contributed by atoms with Gasteiger partial charge in [-0.25, -0.2) is 0 Å². The van der Waals surface area contributed by atoms with Gasteiger partial charge < -0.3 is 16.4 Å². The lowest BCUT2D eigenvalue weighted by Gasteiger charge is -2.42. The largest absolute Gasteiger partial charge is 0.393 e. The minimum atomic E-state index is -0.459. The van der Waals surface area contributed by atoms with Crippen LogP contribution in [0.2, 0.25) is 0 Å². The van der Waals surface area contributed by atoms with Gasteiger partial charge in [0.05, 0.1) is 4.92 Å². The van der Waals surface area contributed by atoms with Crippen LogP contribution in [0.4, 0.5) is 17.1 Å². The Labute approximate surface area is 112 Å². The maximum Gasteiger partial charge on any atom is 0.292 e. The number of hydrogen-bond acceptors (Lipinski definition) is 5. The second kappa shape index (κ2) is 5.44. The van der Waals surface area contributed by atoms with Gasteiger partial charge in [0.2, 0.25) is 0 Å². The molecule has 0 spiro atoms. The monoisotopic (exact) mass is 264 g/mol. The van der Waals surface area contributed by atoms with Gasteiger partial charge in [0.25, 0.3) is 5.69 Å². The van der Waals surface area contributed by atoms with Crippen molar-refractivity contribution < 1.29 is 4.92 Å². The van der Waals surface area contributed by atoms with Crippen LogP contribution in [0.25, 0.3) is 0 Å². The van der Waals surface area contributed by atoms with Gasteiger partial charge >= 0.3 is 0 Å². The molecule has 0 aromatic heterocycles. The van der Waals surface area contributed by atoms with E-state index in [1.807, 2.05) is 0 Å². The number of nitrogen functional groups attached to an aromatic ring is 1. The first kappa shape index (κ1) is 13.6. The molecule has 0 radical (unpaired) electrons. The van der Waals surface area contributed by atoms with Crippen molar-refractivity contribution in [2.24, 2.45) is 5.73 Å². The molecule has 4 N–H and O–H groups in total. The molecule has 2 atom stereocenters. The molecule has 6 heteroatoms. The molecule has 2 unspecified atom stereocenters. The van der Waals surface area contributed by atoms with E-state index in [-0.39, 0.29) is 17.4 Å². The van der Waals surface area contributed by atoms with Crippen molar-refractivity contribution >= 4 is 17.1 Å². The standard InChI is InChI=1S/C13H20N4O2/c1-9-3-2-4-11(8-14)16(9)10-5-6-13(17(18)19)12(15)7-10/h5-7,9,11H,2-4,8,14-15H2,1H3. The number of anilines is 2. The Hall–Kier alpha value is -1.82. The van der Waals surface area contributed by atoms with Gasteiger partial charge in [-0.05, 0) is 38.3 Å². The molecule has 1 aromatic rings. The maximum absolute atomic E-state index is 10.8. The predicted molar refractivity (Wildman–Crippen MR) is 76.1 cm³/mol. The van der Waals surface area contributed by atoms with E-state index in [4.69, 9.17) is 11.5 Å². The molecule has 6 nitrogen and oxygen atoms in total. The first-order valence-corrected chi connectivity index (χ1v) is 6.57. The third kappa shape index (κ3) is 2.63. The average Bonchev–Trinajstić information content (AvgIpc) is 2.37. The maximum atomic E-state index is 10.8. The lowest BCUT2D eigenvalue weighted by Crippen LogP contribution is -2.49. The fourth-order valence-electron chi connectivity index (χ4n) is 2.85. The lowest BCUT2D eigenvalue weighted by molar-refractivity contribution is -0.383. The fraction of sp³-hybridized carbons (Fsp3) is 0.538. The van der Waals surface area contributed by atoms with Gasteiger partial charge in [0, 0.05) is 30.4 Å². The number of nitro benzene ring substituents is 1. The van der Waals surface area contributed by atoms with Crippen molar-refractivity contribution in [3.8, 4) is 0 Å². The molecule has 19 heavy (non-hydrogen) atoms. The van der Waals surface area contributed by atoms with Crippen molar-refractivity contribution in [2.75, 3.05) is 17.2 Å². The van der Waals surface area contributed by atoms with Crippen LogP contribution in [0.1, 0.15) is 26.2 Å². The first-order valence-electron chi connectivity index (χ1n) is 6.57. The van der Waals surface area contributed by atoms with Crippen LogP contribution in [-0.2, 0) is 0 Å². The van der Waals surface area contributed by atoms with Crippen LogP contribution in [0, 0.1) is 10.1 Å². The number of nitrogens with two attached hydrogens (primary N) is 2. The molecule has 1 aliphatic rings. The van der Waals surface area contributed by atoms with E-state index >= 15 is 0 Å². The van der Waals surface area contributed by atoms with E-state index < -0.39 is 4.92 Å². The van der Waals surface area contributed by atoms with Crippen molar-refractivity contribution in [3.63, 3.8) is 0 Å². The summed E-state index contributed by atoms with van der Waals surface area (Å²) < 4.78 is 0. The van der Waals surface area contributed by atoms with Crippen LogP contribution in [0.3, 0.4) is 0 Å². The highest BCUT2D eigenvalue weighted by Gasteiger charge is 2.28. The summed E-state index contributed by atoms with van der Waals surface area (Å²) in [4.78, 5) is 12.6. The van der Waals surface area contributed by atoms with Crippen LogP contribution >= 0.6 is 0 Å². The molecule has 1 heterocycles. The minimum Gasteiger partial charge on any atom is -0.393 e. The quantitative estimate of drug-likeness (QED) is 0.493. The number of hydrogen-bond donors (Lipinski definition) is 2.